The van der Waals surface area contributed by atoms with Gasteiger partial charge in [0, 0.05) is 26.1 Å². The van der Waals surface area contributed by atoms with Crippen LogP contribution in [-0.4, -0.2) is 63.7 Å². The summed E-state index contributed by atoms with van der Waals surface area (Å²) in [5, 5.41) is 0. The van der Waals surface area contributed by atoms with Crippen molar-refractivity contribution >= 4 is 39.6 Å². The van der Waals surface area contributed by atoms with E-state index in [2.05, 4.69) is 4.72 Å². The molecule has 3 aromatic carbocycles. The molecule has 55 heavy (non-hydrogen) atoms. The smallest absolute Gasteiger partial charge is 0.303 e. The van der Waals surface area contributed by atoms with Crippen LogP contribution in [0.3, 0.4) is 0 Å². The van der Waals surface area contributed by atoms with Crippen LogP contribution in [0.4, 0.5) is 10.1 Å². The van der Waals surface area contributed by atoms with E-state index in [1.54, 1.807) is 17.0 Å². The van der Waals surface area contributed by atoms with Crippen LogP contribution in [0, 0.1) is 11.7 Å². The number of nitrogens with zero attached hydrogens (tertiary/aromatic N) is 1. The number of anilines is 1. The number of aryl methyl sites for hydroxylation is 1. The molecule has 11 nitrogen and oxygen atoms in total. The highest BCUT2D eigenvalue weighted by molar-refractivity contribution is 7.88. The van der Waals surface area contributed by atoms with Gasteiger partial charge < -0.3 is 23.8 Å². The molecular weight excluding hydrogens is 728 g/mol. The van der Waals surface area contributed by atoms with E-state index in [0.29, 0.717) is 50.6 Å². The Hall–Kier alpha value is -4.43. The Kier molecular flexibility index (Phi) is 13.7. The lowest BCUT2D eigenvalue weighted by atomic mass is 9.78. The number of ether oxygens (including phenoxy) is 4. The van der Waals surface area contributed by atoms with E-state index in [9.17, 15) is 27.2 Å². The van der Waals surface area contributed by atoms with Crippen LogP contribution >= 0.6 is 0 Å². The van der Waals surface area contributed by atoms with Crippen molar-refractivity contribution in [2.45, 2.75) is 89.8 Å². The van der Waals surface area contributed by atoms with Gasteiger partial charge in [0.2, 0.25) is 15.9 Å². The number of halogens is 1. The molecule has 2 saturated heterocycles. The molecular formula is C42H51FN2O9S. The van der Waals surface area contributed by atoms with E-state index in [1.807, 2.05) is 74.5 Å². The Bertz CT molecular complexity index is 1920. The third-order valence-electron chi connectivity index (χ3n) is 9.81. The zero-order valence-electron chi connectivity index (χ0n) is 32.1. The largest absolute Gasteiger partial charge is 0.458 e. The molecule has 1 amide bonds. The number of carbonyl (C=O) groups is 3. The number of carbonyl (C=O) groups excluding carboxylic acids is 3. The summed E-state index contributed by atoms with van der Waals surface area (Å²) in [5.74, 6) is -2.44. The second-order valence-corrected chi connectivity index (χ2v) is 16.6. The van der Waals surface area contributed by atoms with Gasteiger partial charge in [0.25, 0.3) is 0 Å². The molecule has 2 aliphatic heterocycles. The highest BCUT2D eigenvalue weighted by Crippen LogP contribution is 2.47. The predicted molar refractivity (Wildman–Crippen MR) is 207 cm³/mol. The van der Waals surface area contributed by atoms with Crippen molar-refractivity contribution < 1.29 is 46.1 Å². The van der Waals surface area contributed by atoms with Crippen molar-refractivity contribution in [1.82, 2.24) is 4.72 Å². The van der Waals surface area contributed by atoms with E-state index >= 15 is 0 Å². The maximum atomic E-state index is 13.9. The second-order valence-electron chi connectivity index (χ2n) is 14.8. The van der Waals surface area contributed by atoms with Gasteiger partial charge in [-0.15, -0.1) is 0 Å². The zero-order valence-corrected chi connectivity index (χ0v) is 32.9. The van der Waals surface area contributed by atoms with Crippen LogP contribution in [0.5, 0.6) is 0 Å². The molecule has 0 aromatic heterocycles. The third-order valence-corrected chi connectivity index (χ3v) is 10.5. The van der Waals surface area contributed by atoms with Crippen molar-refractivity contribution in [2.75, 3.05) is 30.9 Å². The van der Waals surface area contributed by atoms with Gasteiger partial charge in [0.15, 0.2) is 11.4 Å². The lowest BCUT2D eigenvalue weighted by Gasteiger charge is -2.48. The first kappa shape index (κ1) is 41.7. The number of sulfonamides is 1. The lowest BCUT2D eigenvalue weighted by Crippen LogP contribution is -2.55. The first-order chi connectivity index (χ1) is 26.0. The summed E-state index contributed by atoms with van der Waals surface area (Å²) in [6.45, 7) is 7.19. The number of rotatable bonds is 17. The summed E-state index contributed by atoms with van der Waals surface area (Å²) in [6, 6.07) is 21.3. The van der Waals surface area contributed by atoms with Crippen LogP contribution in [0.25, 0.3) is 6.08 Å². The van der Waals surface area contributed by atoms with Gasteiger partial charge >= 0.3 is 11.9 Å². The first-order valence-corrected chi connectivity index (χ1v) is 20.5. The quantitative estimate of drug-likeness (QED) is 0.0875. The third kappa shape index (κ3) is 11.8. The summed E-state index contributed by atoms with van der Waals surface area (Å²) in [7, 11) is -3.25. The van der Waals surface area contributed by atoms with Crippen LogP contribution in [0.1, 0.15) is 94.2 Å². The molecule has 13 heteroatoms. The molecule has 5 rings (SSSR count). The molecule has 1 N–H and O–H groups in total. The maximum absolute atomic E-state index is 13.9. The lowest BCUT2D eigenvalue weighted by molar-refractivity contribution is -0.305. The summed E-state index contributed by atoms with van der Waals surface area (Å²) in [5.41, 5.74) is 3.45. The molecule has 3 atom stereocenters. The Morgan fingerprint density at radius 3 is 2.24 bits per heavy atom. The minimum Gasteiger partial charge on any atom is -0.458 e. The SMILES string of the molecule is CC(=O)O[C@@H](CCC1C(=O)N(c2ccc(CCCNS(C)(=O)=O)cc2)[C@@H]1c1ccc(/C=C/CCC2(OC(C)=O)COC(C)(C)OC2)cc1)c1ccc(F)cc1. The fourth-order valence-electron chi connectivity index (χ4n) is 7.00. The Balaban J connectivity index is 1.31. The van der Waals surface area contributed by atoms with Crippen LogP contribution in [0.2, 0.25) is 0 Å². The molecule has 0 radical (unpaired) electrons. The van der Waals surface area contributed by atoms with E-state index in [0.717, 1.165) is 28.6 Å². The minimum absolute atomic E-state index is 0.0551. The molecule has 1 unspecified atom stereocenters. The fraction of sp³-hybridized carbons (Fsp3) is 0.452. The van der Waals surface area contributed by atoms with Gasteiger partial charge in [-0.25, -0.2) is 17.5 Å². The summed E-state index contributed by atoms with van der Waals surface area (Å²) >= 11 is 0. The van der Waals surface area contributed by atoms with E-state index < -0.39 is 45.2 Å². The van der Waals surface area contributed by atoms with Crippen LogP contribution in [-0.2, 0) is 49.8 Å². The first-order valence-electron chi connectivity index (χ1n) is 18.6. The number of amides is 1. The molecule has 2 fully saturated rings. The summed E-state index contributed by atoms with van der Waals surface area (Å²) in [6.07, 6.45) is 7.76. The Morgan fingerprint density at radius 1 is 0.982 bits per heavy atom. The number of β-lactam (4-membered cyclic amide) rings is 1. The van der Waals surface area contributed by atoms with Gasteiger partial charge in [-0.3, -0.25) is 14.4 Å². The number of allylic oxidation sites excluding steroid dienone is 1. The van der Waals surface area contributed by atoms with Crippen LogP contribution < -0.4 is 9.62 Å². The summed E-state index contributed by atoms with van der Waals surface area (Å²) < 4.78 is 61.9. The molecule has 2 aliphatic rings. The van der Waals surface area contributed by atoms with Crippen molar-refractivity contribution in [1.29, 1.82) is 0 Å². The van der Waals surface area contributed by atoms with Crippen molar-refractivity contribution in [3.8, 4) is 0 Å². The Morgan fingerprint density at radius 2 is 1.64 bits per heavy atom. The highest BCUT2D eigenvalue weighted by Gasteiger charge is 2.48. The number of esters is 2. The second kappa shape index (κ2) is 18.0. The molecule has 0 saturated carbocycles. The van der Waals surface area contributed by atoms with Crippen molar-refractivity contribution in [3.05, 3.63) is 107 Å². The fourth-order valence-corrected chi connectivity index (χ4v) is 7.51. The molecule has 0 spiro atoms. The predicted octanol–water partition coefficient (Wildman–Crippen LogP) is 6.97. The molecule has 3 aromatic rings. The van der Waals surface area contributed by atoms with Gasteiger partial charge in [-0.05, 0) is 98.9 Å². The van der Waals surface area contributed by atoms with Gasteiger partial charge in [0.1, 0.15) is 11.9 Å². The monoisotopic (exact) mass is 778 g/mol. The van der Waals surface area contributed by atoms with Gasteiger partial charge in [-0.2, -0.15) is 0 Å². The van der Waals surface area contributed by atoms with E-state index in [1.165, 1.54) is 26.0 Å². The molecule has 296 valence electrons. The van der Waals surface area contributed by atoms with Gasteiger partial charge in [0.05, 0.1) is 31.4 Å². The standard InChI is InChI=1S/C42H51FN2O9S/c1-29(46)53-38(33-17-19-35(43)20-18-33)24-23-37-39(45(40(37)48)36-21-13-32(14-22-36)10-8-26-44-55(5,49)50)34-15-11-31(12-16-34)9-6-7-25-42(54-30(2)47)27-51-41(3,4)52-28-42/h6,9,11-22,37-39,44H,7-8,10,23-28H2,1-5H3/b9-6+/t37?,38-,39+/m0/s1. The molecule has 0 bridgehead atoms. The van der Waals surface area contributed by atoms with E-state index in [-0.39, 0.29) is 31.1 Å². The van der Waals surface area contributed by atoms with E-state index in [4.69, 9.17) is 18.9 Å². The molecule has 2 heterocycles. The molecule has 0 aliphatic carbocycles. The number of nitrogens with one attached hydrogen (secondary N) is 1. The average Bonchev–Trinajstić information content (AvgIpc) is 3.12. The topological polar surface area (TPSA) is 138 Å². The summed E-state index contributed by atoms with van der Waals surface area (Å²) in [4.78, 5) is 39.6. The average molecular weight is 779 g/mol. The number of benzene rings is 3. The number of hydrogen-bond donors (Lipinski definition) is 1. The van der Waals surface area contributed by atoms with Crippen LogP contribution in [0.15, 0.2) is 78.9 Å². The zero-order chi connectivity index (χ0) is 39.8. The Labute approximate surface area is 323 Å². The minimum atomic E-state index is -3.25. The van der Waals surface area contributed by atoms with Crippen molar-refractivity contribution in [2.24, 2.45) is 5.92 Å². The normalized spacial score (nSPS) is 19.8. The van der Waals surface area contributed by atoms with Crippen molar-refractivity contribution in [3.63, 3.8) is 0 Å². The highest BCUT2D eigenvalue weighted by atomic mass is 32.2. The van der Waals surface area contributed by atoms with Gasteiger partial charge in [-0.1, -0.05) is 60.7 Å². The maximum Gasteiger partial charge on any atom is 0.303 e. The number of hydrogen-bond acceptors (Lipinski definition) is 9.